The van der Waals surface area contributed by atoms with E-state index in [9.17, 15) is 9.90 Å². The predicted molar refractivity (Wildman–Crippen MR) is 75.3 cm³/mol. The molecule has 0 aliphatic rings. The molecule has 0 amide bonds. The van der Waals surface area contributed by atoms with Crippen LogP contribution in [0.15, 0.2) is 24.3 Å². The summed E-state index contributed by atoms with van der Waals surface area (Å²) >= 11 is 0. The fraction of sp³-hybridized carbons (Fsp3) is 0.267. The Morgan fingerprint density at radius 1 is 1.05 bits per heavy atom. The number of carboxylic acid groups (broad SMARTS) is 1. The zero-order valence-corrected chi connectivity index (χ0v) is 11.9. The van der Waals surface area contributed by atoms with E-state index in [1.807, 2.05) is 23.6 Å². The molecule has 5 heteroatoms. The van der Waals surface area contributed by atoms with Gasteiger partial charge < -0.3 is 19.1 Å². The largest absolute Gasteiger partial charge is 0.497 e. The molecule has 5 nitrogen and oxygen atoms in total. The number of ether oxygens (including phenoxy) is 2. The zero-order valence-electron chi connectivity index (χ0n) is 11.9. The first-order valence-electron chi connectivity index (χ1n) is 6.13. The second kappa shape index (κ2) is 5.28. The Morgan fingerprint density at radius 3 is 2.00 bits per heavy atom. The van der Waals surface area contributed by atoms with Gasteiger partial charge in [-0.2, -0.15) is 0 Å². The third-order valence-corrected chi connectivity index (χ3v) is 3.26. The topological polar surface area (TPSA) is 60.7 Å². The first kappa shape index (κ1) is 14.0. The summed E-state index contributed by atoms with van der Waals surface area (Å²) in [6.45, 7) is 3.65. The minimum atomic E-state index is -0.931. The summed E-state index contributed by atoms with van der Waals surface area (Å²) in [7, 11) is 3.16. The van der Waals surface area contributed by atoms with Gasteiger partial charge in [0.2, 0.25) is 0 Å². The standard InChI is InChI=1S/C15H17NO4/c1-9-5-14(15(17)18)10(2)16(9)11-6-12(19-3)8-13(7-11)20-4/h5-8H,1-4H3,(H,17,18). The number of carboxylic acids is 1. The second-order valence-electron chi connectivity index (χ2n) is 4.50. The van der Waals surface area contributed by atoms with E-state index in [1.54, 1.807) is 33.3 Å². The van der Waals surface area contributed by atoms with E-state index in [0.717, 1.165) is 11.4 Å². The minimum absolute atomic E-state index is 0.296. The molecule has 0 saturated heterocycles. The molecule has 0 spiro atoms. The molecule has 0 aliphatic heterocycles. The third-order valence-electron chi connectivity index (χ3n) is 3.26. The van der Waals surface area contributed by atoms with E-state index >= 15 is 0 Å². The van der Waals surface area contributed by atoms with Gasteiger partial charge in [-0.1, -0.05) is 0 Å². The van der Waals surface area contributed by atoms with E-state index in [0.29, 0.717) is 22.8 Å². The van der Waals surface area contributed by atoms with E-state index in [-0.39, 0.29) is 0 Å². The van der Waals surface area contributed by atoms with Crippen molar-refractivity contribution in [1.82, 2.24) is 4.57 Å². The first-order valence-corrected chi connectivity index (χ1v) is 6.13. The highest BCUT2D eigenvalue weighted by molar-refractivity contribution is 5.89. The fourth-order valence-corrected chi connectivity index (χ4v) is 2.30. The highest BCUT2D eigenvalue weighted by Gasteiger charge is 2.16. The lowest BCUT2D eigenvalue weighted by Gasteiger charge is -2.13. The molecular formula is C15H17NO4. The van der Waals surface area contributed by atoms with Gasteiger partial charge in [-0.15, -0.1) is 0 Å². The molecule has 1 aromatic carbocycles. The van der Waals surface area contributed by atoms with Gasteiger partial charge in [0.1, 0.15) is 11.5 Å². The van der Waals surface area contributed by atoms with Gasteiger partial charge >= 0.3 is 5.97 Å². The Morgan fingerprint density at radius 2 is 1.60 bits per heavy atom. The normalized spacial score (nSPS) is 10.4. The summed E-state index contributed by atoms with van der Waals surface area (Å²) in [5, 5.41) is 9.19. The Kier molecular flexibility index (Phi) is 3.70. The summed E-state index contributed by atoms with van der Waals surface area (Å²) in [4.78, 5) is 11.2. The van der Waals surface area contributed by atoms with Crippen LogP contribution in [0.3, 0.4) is 0 Å². The van der Waals surface area contributed by atoms with Crippen LogP contribution in [0.25, 0.3) is 5.69 Å². The van der Waals surface area contributed by atoms with Crippen molar-refractivity contribution in [3.05, 3.63) is 41.2 Å². The summed E-state index contributed by atoms with van der Waals surface area (Å²) in [5.74, 6) is 0.381. The van der Waals surface area contributed by atoms with Crippen LogP contribution in [-0.4, -0.2) is 29.9 Å². The van der Waals surface area contributed by atoms with E-state index in [1.165, 1.54) is 0 Å². The number of aromatic nitrogens is 1. The second-order valence-corrected chi connectivity index (χ2v) is 4.50. The summed E-state index contributed by atoms with van der Waals surface area (Å²) in [6.07, 6.45) is 0. The van der Waals surface area contributed by atoms with Gasteiger partial charge in [0, 0.05) is 29.6 Å². The maximum Gasteiger partial charge on any atom is 0.337 e. The van der Waals surface area contributed by atoms with Crippen LogP contribution in [0.5, 0.6) is 11.5 Å². The van der Waals surface area contributed by atoms with E-state index in [4.69, 9.17) is 9.47 Å². The maximum atomic E-state index is 11.2. The molecule has 0 fully saturated rings. The average Bonchev–Trinajstić information content (AvgIpc) is 2.73. The zero-order chi connectivity index (χ0) is 14.9. The number of methoxy groups -OCH3 is 2. The molecule has 0 aliphatic carbocycles. The molecule has 1 heterocycles. The van der Waals surface area contributed by atoms with Crippen LogP contribution in [0.1, 0.15) is 21.7 Å². The summed E-state index contributed by atoms with van der Waals surface area (Å²) in [6, 6.07) is 7.11. The van der Waals surface area contributed by atoms with Crippen LogP contribution in [0.4, 0.5) is 0 Å². The van der Waals surface area contributed by atoms with Gasteiger partial charge in [-0.3, -0.25) is 0 Å². The molecule has 0 radical (unpaired) electrons. The maximum absolute atomic E-state index is 11.2. The smallest absolute Gasteiger partial charge is 0.337 e. The number of hydrogen-bond acceptors (Lipinski definition) is 3. The highest BCUT2D eigenvalue weighted by atomic mass is 16.5. The number of nitrogens with zero attached hydrogens (tertiary/aromatic N) is 1. The minimum Gasteiger partial charge on any atom is -0.497 e. The lowest BCUT2D eigenvalue weighted by molar-refractivity contribution is 0.0696. The molecule has 0 bridgehead atoms. The number of carbonyl (C=O) groups is 1. The lowest BCUT2D eigenvalue weighted by Crippen LogP contribution is -2.03. The van der Waals surface area contributed by atoms with Gasteiger partial charge in [0.05, 0.1) is 25.5 Å². The Balaban J connectivity index is 2.65. The summed E-state index contributed by atoms with van der Waals surface area (Å²) < 4.78 is 12.4. The highest BCUT2D eigenvalue weighted by Crippen LogP contribution is 2.28. The lowest BCUT2D eigenvalue weighted by atomic mass is 10.2. The van der Waals surface area contributed by atoms with Crippen molar-refractivity contribution in [2.24, 2.45) is 0 Å². The van der Waals surface area contributed by atoms with Gasteiger partial charge in [0.15, 0.2) is 0 Å². The monoisotopic (exact) mass is 275 g/mol. The molecule has 2 aromatic rings. The Hall–Kier alpha value is -2.43. The van der Waals surface area contributed by atoms with Gasteiger partial charge in [-0.05, 0) is 19.9 Å². The average molecular weight is 275 g/mol. The number of rotatable bonds is 4. The van der Waals surface area contributed by atoms with Crippen molar-refractivity contribution in [1.29, 1.82) is 0 Å². The molecule has 20 heavy (non-hydrogen) atoms. The van der Waals surface area contributed by atoms with Crippen LogP contribution in [-0.2, 0) is 0 Å². The summed E-state index contributed by atoms with van der Waals surface area (Å²) in [5.41, 5.74) is 2.62. The predicted octanol–water partition coefficient (Wildman–Crippen LogP) is 2.81. The molecule has 106 valence electrons. The van der Waals surface area contributed by atoms with Crippen LogP contribution in [0, 0.1) is 13.8 Å². The van der Waals surface area contributed by atoms with Crippen LogP contribution in [0.2, 0.25) is 0 Å². The van der Waals surface area contributed by atoms with E-state index < -0.39 is 5.97 Å². The van der Waals surface area contributed by atoms with Crippen LogP contribution < -0.4 is 9.47 Å². The van der Waals surface area contributed by atoms with Gasteiger partial charge in [-0.25, -0.2) is 4.79 Å². The van der Waals surface area contributed by atoms with Crippen molar-refractivity contribution in [3.63, 3.8) is 0 Å². The first-order chi connectivity index (χ1) is 9.47. The van der Waals surface area contributed by atoms with Crippen molar-refractivity contribution in [2.75, 3.05) is 14.2 Å². The van der Waals surface area contributed by atoms with Crippen LogP contribution >= 0.6 is 0 Å². The Labute approximate surface area is 117 Å². The molecular weight excluding hydrogens is 258 g/mol. The number of aromatic carboxylic acids is 1. The van der Waals surface area contributed by atoms with Crippen molar-refractivity contribution in [2.45, 2.75) is 13.8 Å². The SMILES string of the molecule is COc1cc(OC)cc(-n2c(C)cc(C(=O)O)c2C)c1. The molecule has 0 saturated carbocycles. The molecule has 0 atom stereocenters. The third kappa shape index (κ3) is 2.34. The quantitative estimate of drug-likeness (QED) is 0.932. The van der Waals surface area contributed by atoms with Crippen molar-refractivity contribution < 1.29 is 19.4 Å². The van der Waals surface area contributed by atoms with Gasteiger partial charge in [0.25, 0.3) is 0 Å². The number of benzene rings is 1. The number of hydrogen-bond donors (Lipinski definition) is 1. The Bertz CT molecular complexity index is 636. The molecule has 0 unspecified atom stereocenters. The van der Waals surface area contributed by atoms with E-state index in [2.05, 4.69) is 0 Å². The number of aryl methyl sites for hydroxylation is 1. The van der Waals surface area contributed by atoms with Crippen molar-refractivity contribution in [3.8, 4) is 17.2 Å². The molecule has 1 N–H and O–H groups in total. The molecule has 1 aromatic heterocycles. The molecule has 2 rings (SSSR count). The fourth-order valence-electron chi connectivity index (χ4n) is 2.30. The van der Waals surface area contributed by atoms with Crippen molar-refractivity contribution >= 4 is 5.97 Å².